The first-order valence-electron chi connectivity index (χ1n) is 8.36. The third-order valence-corrected chi connectivity index (χ3v) is 4.46. The third-order valence-electron chi connectivity index (χ3n) is 4.22. The maximum absolute atomic E-state index is 11.0. The molecule has 0 fully saturated rings. The molecule has 6 heteroatoms. The Bertz CT molecular complexity index is 749. The van der Waals surface area contributed by atoms with Crippen LogP contribution in [0.25, 0.3) is 0 Å². The van der Waals surface area contributed by atoms with E-state index >= 15 is 0 Å². The number of nitrogens with one attached hydrogen (secondary N) is 1. The quantitative estimate of drug-likeness (QED) is 0.649. The number of benzene rings is 2. The average Bonchev–Trinajstić information content (AvgIpc) is 2.65. The second kappa shape index (κ2) is 8.62. The standard InChI is InChI=1S/C20H26ClNO4/c1-20(2,12-23)11-22-16-9-8-13(21)10-15(16)18(24)14-6-5-7-17(25-3)19(14)26-4/h5-10,18,22-24H,11-12H2,1-4H3/t18-/m1/s1. The molecule has 0 saturated carbocycles. The molecule has 0 aromatic heterocycles. The van der Waals surface area contributed by atoms with E-state index in [1.165, 1.54) is 7.11 Å². The van der Waals surface area contributed by atoms with E-state index in [9.17, 15) is 10.2 Å². The molecule has 2 aromatic carbocycles. The second-order valence-corrected chi connectivity index (χ2v) is 7.33. The zero-order valence-electron chi connectivity index (χ0n) is 15.5. The number of aliphatic hydroxyl groups excluding tert-OH is 2. The summed E-state index contributed by atoms with van der Waals surface area (Å²) in [6.45, 7) is 4.50. The SMILES string of the molecule is COc1cccc([C@@H](O)c2cc(Cl)ccc2NCC(C)(C)CO)c1OC. The van der Waals surface area contributed by atoms with E-state index in [0.717, 1.165) is 5.69 Å². The van der Waals surface area contributed by atoms with E-state index in [1.807, 2.05) is 19.9 Å². The number of para-hydroxylation sites is 1. The minimum absolute atomic E-state index is 0.0508. The van der Waals surface area contributed by atoms with Crippen molar-refractivity contribution in [2.24, 2.45) is 5.41 Å². The van der Waals surface area contributed by atoms with E-state index < -0.39 is 6.10 Å². The summed E-state index contributed by atoms with van der Waals surface area (Å²) >= 11 is 6.16. The molecule has 2 aromatic rings. The highest BCUT2D eigenvalue weighted by Crippen LogP contribution is 2.39. The molecule has 0 aliphatic heterocycles. The Morgan fingerprint density at radius 3 is 2.46 bits per heavy atom. The predicted octanol–water partition coefficient (Wildman–Crippen LogP) is 3.87. The highest BCUT2D eigenvalue weighted by molar-refractivity contribution is 6.30. The Hall–Kier alpha value is -1.95. The summed E-state index contributed by atoms with van der Waals surface area (Å²) in [7, 11) is 3.09. The summed E-state index contributed by atoms with van der Waals surface area (Å²) in [6, 6.07) is 10.7. The summed E-state index contributed by atoms with van der Waals surface area (Å²) in [5.74, 6) is 1.02. The van der Waals surface area contributed by atoms with E-state index in [-0.39, 0.29) is 12.0 Å². The summed E-state index contributed by atoms with van der Waals surface area (Å²) in [5, 5.41) is 24.3. The molecule has 0 bridgehead atoms. The number of rotatable bonds is 8. The van der Waals surface area contributed by atoms with Gasteiger partial charge >= 0.3 is 0 Å². The summed E-state index contributed by atoms with van der Waals surface area (Å²) in [4.78, 5) is 0. The van der Waals surface area contributed by atoms with Crippen LogP contribution in [0, 0.1) is 5.41 Å². The molecule has 3 N–H and O–H groups in total. The number of aliphatic hydroxyl groups is 2. The summed E-state index contributed by atoms with van der Waals surface area (Å²) in [6.07, 6.45) is -0.960. The monoisotopic (exact) mass is 379 g/mol. The van der Waals surface area contributed by atoms with Crippen molar-refractivity contribution >= 4 is 17.3 Å². The van der Waals surface area contributed by atoms with Crippen LogP contribution >= 0.6 is 11.6 Å². The first kappa shape index (κ1) is 20.4. The topological polar surface area (TPSA) is 71.0 Å². The average molecular weight is 380 g/mol. The Morgan fingerprint density at radius 1 is 1.12 bits per heavy atom. The highest BCUT2D eigenvalue weighted by Gasteiger charge is 2.23. The van der Waals surface area contributed by atoms with Crippen molar-refractivity contribution in [2.75, 3.05) is 32.7 Å². The number of ether oxygens (including phenoxy) is 2. The normalized spacial score (nSPS) is 12.6. The molecule has 0 spiro atoms. The van der Waals surface area contributed by atoms with Crippen LogP contribution in [-0.2, 0) is 0 Å². The van der Waals surface area contributed by atoms with Gasteiger partial charge in [0.15, 0.2) is 11.5 Å². The van der Waals surface area contributed by atoms with Gasteiger partial charge in [-0.25, -0.2) is 0 Å². The molecule has 0 saturated heterocycles. The molecule has 0 radical (unpaired) electrons. The van der Waals surface area contributed by atoms with Crippen LogP contribution < -0.4 is 14.8 Å². The Kier molecular flexibility index (Phi) is 6.75. The molecule has 0 aliphatic rings. The van der Waals surface area contributed by atoms with Crippen LogP contribution in [0.15, 0.2) is 36.4 Å². The van der Waals surface area contributed by atoms with Gasteiger partial charge in [-0.05, 0) is 24.3 Å². The minimum atomic E-state index is -0.960. The molecule has 0 amide bonds. The fourth-order valence-corrected chi connectivity index (χ4v) is 2.79. The smallest absolute Gasteiger partial charge is 0.166 e. The van der Waals surface area contributed by atoms with Gasteiger partial charge in [0.1, 0.15) is 6.10 Å². The van der Waals surface area contributed by atoms with Crippen molar-refractivity contribution in [2.45, 2.75) is 20.0 Å². The number of anilines is 1. The van der Waals surface area contributed by atoms with Gasteiger partial charge in [0.05, 0.1) is 14.2 Å². The van der Waals surface area contributed by atoms with Gasteiger partial charge < -0.3 is 25.0 Å². The zero-order chi connectivity index (χ0) is 19.3. The zero-order valence-corrected chi connectivity index (χ0v) is 16.3. The van der Waals surface area contributed by atoms with Gasteiger partial charge in [-0.3, -0.25) is 0 Å². The first-order valence-corrected chi connectivity index (χ1v) is 8.74. The molecule has 2 rings (SSSR count). The lowest BCUT2D eigenvalue weighted by Gasteiger charge is -2.25. The van der Waals surface area contributed by atoms with Crippen molar-refractivity contribution < 1.29 is 19.7 Å². The molecular formula is C20H26ClNO4. The minimum Gasteiger partial charge on any atom is -0.493 e. The highest BCUT2D eigenvalue weighted by atomic mass is 35.5. The Balaban J connectivity index is 2.43. The van der Waals surface area contributed by atoms with Gasteiger partial charge in [-0.15, -0.1) is 0 Å². The molecule has 142 valence electrons. The van der Waals surface area contributed by atoms with Crippen molar-refractivity contribution in [3.8, 4) is 11.5 Å². The third kappa shape index (κ3) is 4.61. The van der Waals surface area contributed by atoms with Crippen molar-refractivity contribution in [1.82, 2.24) is 0 Å². The lowest BCUT2D eigenvalue weighted by Crippen LogP contribution is -2.27. The van der Waals surface area contributed by atoms with Crippen molar-refractivity contribution in [1.29, 1.82) is 0 Å². The summed E-state index contributed by atoms with van der Waals surface area (Å²) in [5.41, 5.74) is 1.65. The predicted molar refractivity (Wildman–Crippen MR) is 104 cm³/mol. The van der Waals surface area contributed by atoms with Crippen molar-refractivity contribution in [3.63, 3.8) is 0 Å². The van der Waals surface area contributed by atoms with Crippen molar-refractivity contribution in [3.05, 3.63) is 52.5 Å². The second-order valence-electron chi connectivity index (χ2n) is 6.89. The Morgan fingerprint density at radius 2 is 1.85 bits per heavy atom. The van der Waals surface area contributed by atoms with Gasteiger partial charge in [0.2, 0.25) is 0 Å². The van der Waals surface area contributed by atoms with E-state index in [2.05, 4.69) is 5.32 Å². The number of methoxy groups -OCH3 is 2. The molecule has 0 heterocycles. The van der Waals surface area contributed by atoms with E-state index in [4.69, 9.17) is 21.1 Å². The maximum atomic E-state index is 11.0. The number of halogens is 1. The molecular weight excluding hydrogens is 354 g/mol. The first-order chi connectivity index (χ1) is 12.3. The van der Waals surface area contributed by atoms with Crippen LogP contribution in [0.2, 0.25) is 5.02 Å². The van der Waals surface area contributed by atoms with Gasteiger partial charge in [0.25, 0.3) is 0 Å². The Labute approximate surface area is 159 Å². The van der Waals surface area contributed by atoms with E-state index in [0.29, 0.717) is 34.2 Å². The molecule has 1 atom stereocenters. The fraction of sp³-hybridized carbons (Fsp3) is 0.400. The van der Waals surface area contributed by atoms with Crippen LogP contribution in [0.3, 0.4) is 0 Å². The number of hydrogen-bond acceptors (Lipinski definition) is 5. The van der Waals surface area contributed by atoms with Gasteiger partial charge in [-0.1, -0.05) is 37.6 Å². The lowest BCUT2D eigenvalue weighted by molar-refractivity contribution is 0.170. The molecule has 26 heavy (non-hydrogen) atoms. The van der Waals surface area contributed by atoms with E-state index in [1.54, 1.807) is 37.4 Å². The molecule has 5 nitrogen and oxygen atoms in total. The molecule has 0 aliphatic carbocycles. The number of hydrogen-bond donors (Lipinski definition) is 3. The fourth-order valence-electron chi connectivity index (χ4n) is 2.61. The lowest BCUT2D eigenvalue weighted by atomic mass is 9.94. The van der Waals surface area contributed by atoms with Crippen LogP contribution in [-0.4, -0.2) is 37.6 Å². The van der Waals surface area contributed by atoms with Gasteiger partial charge in [0, 0.05) is 40.4 Å². The van der Waals surface area contributed by atoms with Gasteiger partial charge in [-0.2, -0.15) is 0 Å². The van der Waals surface area contributed by atoms with Crippen LogP contribution in [0.5, 0.6) is 11.5 Å². The summed E-state index contributed by atoms with van der Waals surface area (Å²) < 4.78 is 10.8. The maximum Gasteiger partial charge on any atom is 0.166 e. The van der Waals surface area contributed by atoms with Crippen LogP contribution in [0.1, 0.15) is 31.1 Å². The molecule has 0 unspecified atom stereocenters. The van der Waals surface area contributed by atoms with Crippen LogP contribution in [0.4, 0.5) is 5.69 Å². The largest absolute Gasteiger partial charge is 0.493 e.